The molecule has 1 aliphatic rings. The van der Waals surface area contributed by atoms with Gasteiger partial charge in [-0.1, -0.05) is 17.7 Å². The van der Waals surface area contributed by atoms with Crippen LogP contribution in [0.25, 0.3) is 0 Å². The maximum absolute atomic E-state index is 10.3. The SMILES string of the molecule is COc1ccc2c(c1)OC(c1ccc(Br)c(Cl)c1)C[C@H]2O. The van der Waals surface area contributed by atoms with Crippen LogP contribution in [0.1, 0.15) is 29.8 Å². The number of hydrogen-bond donors (Lipinski definition) is 1. The second-order valence-corrected chi connectivity index (χ2v) is 6.20. The van der Waals surface area contributed by atoms with Crippen LogP contribution in [-0.4, -0.2) is 12.2 Å². The normalized spacial score (nSPS) is 20.6. The number of hydrogen-bond acceptors (Lipinski definition) is 3. The van der Waals surface area contributed by atoms with Gasteiger partial charge in [-0.15, -0.1) is 0 Å². The van der Waals surface area contributed by atoms with Gasteiger partial charge in [0.15, 0.2) is 0 Å². The van der Waals surface area contributed by atoms with E-state index in [1.807, 2.05) is 30.3 Å². The standard InChI is InChI=1S/C16H14BrClO3/c1-20-10-3-4-11-14(19)8-15(21-16(11)7-10)9-2-5-12(17)13(18)6-9/h2-7,14-15,19H,8H2,1H3/t14-,15?/m1/s1. The molecule has 0 saturated heterocycles. The van der Waals surface area contributed by atoms with E-state index in [0.717, 1.165) is 15.6 Å². The van der Waals surface area contributed by atoms with Gasteiger partial charge in [-0.3, -0.25) is 0 Å². The molecule has 1 heterocycles. The Bertz CT molecular complexity index is 675. The molecule has 1 unspecified atom stereocenters. The highest BCUT2D eigenvalue weighted by Crippen LogP contribution is 2.43. The summed E-state index contributed by atoms with van der Waals surface area (Å²) in [6.07, 6.45) is -0.297. The smallest absolute Gasteiger partial charge is 0.129 e. The lowest BCUT2D eigenvalue weighted by Gasteiger charge is -2.30. The number of fused-ring (bicyclic) bond motifs is 1. The van der Waals surface area contributed by atoms with Gasteiger partial charge in [0.25, 0.3) is 0 Å². The summed E-state index contributed by atoms with van der Waals surface area (Å²) in [6, 6.07) is 11.1. The number of benzene rings is 2. The highest BCUT2D eigenvalue weighted by Gasteiger charge is 2.28. The first-order valence-corrected chi connectivity index (χ1v) is 7.73. The predicted octanol–water partition coefficient (Wildman–Crippen LogP) is 4.67. The third-order valence-electron chi connectivity index (χ3n) is 3.60. The lowest BCUT2D eigenvalue weighted by Crippen LogP contribution is -2.19. The number of ether oxygens (including phenoxy) is 2. The van der Waals surface area contributed by atoms with E-state index in [-0.39, 0.29) is 6.10 Å². The Hall–Kier alpha value is -1.23. The zero-order valence-corrected chi connectivity index (χ0v) is 13.7. The molecule has 0 saturated carbocycles. The molecular weight excluding hydrogens is 356 g/mol. The number of methoxy groups -OCH3 is 1. The minimum Gasteiger partial charge on any atom is -0.497 e. The molecule has 0 aliphatic carbocycles. The van der Waals surface area contributed by atoms with Crippen molar-refractivity contribution < 1.29 is 14.6 Å². The highest BCUT2D eigenvalue weighted by molar-refractivity contribution is 9.10. The fourth-order valence-electron chi connectivity index (χ4n) is 2.47. The van der Waals surface area contributed by atoms with E-state index in [2.05, 4.69) is 15.9 Å². The van der Waals surface area contributed by atoms with Gasteiger partial charge in [-0.2, -0.15) is 0 Å². The number of rotatable bonds is 2. The summed E-state index contributed by atoms with van der Waals surface area (Å²) in [4.78, 5) is 0. The lowest BCUT2D eigenvalue weighted by atomic mass is 9.95. The zero-order valence-electron chi connectivity index (χ0n) is 11.3. The van der Waals surface area contributed by atoms with Crippen LogP contribution >= 0.6 is 27.5 Å². The van der Waals surface area contributed by atoms with Crippen LogP contribution < -0.4 is 9.47 Å². The van der Waals surface area contributed by atoms with Crippen LogP contribution in [0.3, 0.4) is 0 Å². The highest BCUT2D eigenvalue weighted by atomic mass is 79.9. The van der Waals surface area contributed by atoms with E-state index in [1.165, 1.54) is 0 Å². The van der Waals surface area contributed by atoms with Crippen molar-refractivity contribution in [2.45, 2.75) is 18.6 Å². The average Bonchev–Trinajstić information content (AvgIpc) is 2.49. The van der Waals surface area contributed by atoms with Gasteiger partial charge in [0.05, 0.1) is 18.2 Å². The molecule has 2 aromatic rings. The molecule has 0 amide bonds. The monoisotopic (exact) mass is 368 g/mol. The largest absolute Gasteiger partial charge is 0.497 e. The van der Waals surface area contributed by atoms with Crippen LogP contribution in [0.2, 0.25) is 5.02 Å². The first-order chi connectivity index (χ1) is 10.1. The van der Waals surface area contributed by atoms with E-state index in [1.54, 1.807) is 13.2 Å². The van der Waals surface area contributed by atoms with Gasteiger partial charge >= 0.3 is 0 Å². The molecular formula is C16H14BrClO3. The maximum atomic E-state index is 10.3. The second kappa shape index (κ2) is 5.87. The van der Waals surface area contributed by atoms with E-state index in [9.17, 15) is 5.11 Å². The van der Waals surface area contributed by atoms with Crippen LogP contribution in [0.5, 0.6) is 11.5 Å². The van der Waals surface area contributed by atoms with Gasteiger partial charge in [0.2, 0.25) is 0 Å². The van der Waals surface area contributed by atoms with Gasteiger partial charge in [-0.05, 0) is 45.8 Å². The minimum atomic E-state index is -0.563. The molecule has 5 heteroatoms. The molecule has 21 heavy (non-hydrogen) atoms. The van der Waals surface area contributed by atoms with E-state index >= 15 is 0 Å². The Morgan fingerprint density at radius 1 is 1.29 bits per heavy atom. The van der Waals surface area contributed by atoms with E-state index in [4.69, 9.17) is 21.1 Å². The summed E-state index contributed by atoms with van der Waals surface area (Å²) in [5, 5.41) is 10.9. The van der Waals surface area contributed by atoms with Crippen molar-refractivity contribution in [1.82, 2.24) is 0 Å². The predicted molar refractivity (Wildman–Crippen MR) is 85.1 cm³/mol. The van der Waals surface area contributed by atoms with Crippen LogP contribution in [0.15, 0.2) is 40.9 Å². The Balaban J connectivity index is 1.94. The third kappa shape index (κ3) is 2.89. The van der Waals surface area contributed by atoms with Crippen molar-refractivity contribution in [3.8, 4) is 11.5 Å². The average molecular weight is 370 g/mol. The summed E-state index contributed by atoms with van der Waals surface area (Å²) >= 11 is 9.50. The van der Waals surface area contributed by atoms with Crippen molar-refractivity contribution in [2.24, 2.45) is 0 Å². The van der Waals surface area contributed by atoms with Crippen molar-refractivity contribution in [2.75, 3.05) is 7.11 Å². The summed E-state index contributed by atoms with van der Waals surface area (Å²) in [7, 11) is 1.60. The van der Waals surface area contributed by atoms with E-state index in [0.29, 0.717) is 22.9 Å². The Morgan fingerprint density at radius 2 is 2.10 bits per heavy atom. The number of aliphatic hydroxyl groups excluding tert-OH is 1. The maximum Gasteiger partial charge on any atom is 0.129 e. The summed E-state index contributed by atoms with van der Waals surface area (Å²) in [5.74, 6) is 1.35. The molecule has 0 aromatic heterocycles. The molecule has 1 N–H and O–H groups in total. The van der Waals surface area contributed by atoms with Crippen molar-refractivity contribution in [3.05, 3.63) is 57.0 Å². The first-order valence-electron chi connectivity index (χ1n) is 6.56. The molecule has 0 fully saturated rings. The fourth-order valence-corrected chi connectivity index (χ4v) is 2.90. The molecule has 0 radical (unpaired) electrons. The first kappa shape index (κ1) is 14.7. The molecule has 1 aliphatic heterocycles. The lowest BCUT2D eigenvalue weighted by molar-refractivity contribution is 0.0655. The van der Waals surface area contributed by atoms with Gasteiger partial charge < -0.3 is 14.6 Å². The summed E-state index contributed by atoms with van der Waals surface area (Å²) in [5.41, 5.74) is 1.73. The number of halogens is 2. The Morgan fingerprint density at radius 3 is 2.81 bits per heavy atom. The van der Waals surface area contributed by atoms with E-state index < -0.39 is 6.10 Å². The van der Waals surface area contributed by atoms with Gasteiger partial charge in [-0.25, -0.2) is 0 Å². The summed E-state index contributed by atoms with van der Waals surface area (Å²) in [6.45, 7) is 0. The Kier molecular flexibility index (Phi) is 4.11. The van der Waals surface area contributed by atoms with Gasteiger partial charge in [0.1, 0.15) is 17.6 Å². The molecule has 2 aromatic carbocycles. The fraction of sp³-hybridized carbons (Fsp3) is 0.250. The van der Waals surface area contributed by atoms with Crippen molar-refractivity contribution in [1.29, 1.82) is 0 Å². The molecule has 3 nitrogen and oxygen atoms in total. The minimum absolute atomic E-state index is 0.231. The quantitative estimate of drug-likeness (QED) is 0.836. The van der Waals surface area contributed by atoms with Crippen molar-refractivity contribution >= 4 is 27.5 Å². The molecule has 0 spiro atoms. The summed E-state index contributed by atoms with van der Waals surface area (Å²) < 4.78 is 12.1. The second-order valence-electron chi connectivity index (χ2n) is 4.94. The zero-order chi connectivity index (χ0) is 15.0. The molecule has 110 valence electrons. The van der Waals surface area contributed by atoms with Crippen molar-refractivity contribution in [3.63, 3.8) is 0 Å². The molecule has 0 bridgehead atoms. The Labute approximate surface area is 136 Å². The van der Waals surface area contributed by atoms with Crippen LogP contribution in [-0.2, 0) is 0 Å². The molecule has 3 rings (SSSR count). The number of aliphatic hydroxyl groups is 1. The van der Waals surface area contributed by atoms with Gasteiger partial charge in [0, 0.05) is 22.5 Å². The third-order valence-corrected chi connectivity index (χ3v) is 4.83. The molecule has 2 atom stereocenters. The van der Waals surface area contributed by atoms with Crippen LogP contribution in [0.4, 0.5) is 0 Å². The topological polar surface area (TPSA) is 38.7 Å². The van der Waals surface area contributed by atoms with Crippen LogP contribution in [0, 0.1) is 0 Å².